The Morgan fingerprint density at radius 1 is 1.47 bits per heavy atom. The molecule has 1 N–H and O–H groups in total. The molecule has 0 amide bonds. The van der Waals surface area contributed by atoms with Crippen LogP contribution in [0.3, 0.4) is 0 Å². The average molecular weight is 216 g/mol. The SMILES string of the molecule is C=C(C)C(=O)OCCCOCC(O)CC. The van der Waals surface area contributed by atoms with Gasteiger partial charge in [-0.05, 0) is 13.3 Å². The lowest BCUT2D eigenvalue weighted by Crippen LogP contribution is -2.15. The fourth-order valence-corrected chi connectivity index (χ4v) is 0.786. The summed E-state index contributed by atoms with van der Waals surface area (Å²) in [5.74, 6) is -0.372. The van der Waals surface area contributed by atoms with Crippen LogP contribution in [0, 0.1) is 0 Å². The van der Waals surface area contributed by atoms with E-state index in [2.05, 4.69) is 6.58 Å². The quantitative estimate of drug-likeness (QED) is 0.377. The first-order chi connectivity index (χ1) is 7.07. The predicted molar refractivity (Wildman–Crippen MR) is 57.5 cm³/mol. The minimum Gasteiger partial charge on any atom is -0.462 e. The topological polar surface area (TPSA) is 55.8 Å². The van der Waals surface area contributed by atoms with Gasteiger partial charge in [-0.15, -0.1) is 0 Å². The highest BCUT2D eigenvalue weighted by Crippen LogP contribution is 1.95. The number of aliphatic hydroxyl groups is 1. The first-order valence-corrected chi connectivity index (χ1v) is 5.16. The first kappa shape index (κ1) is 14.1. The molecule has 0 rings (SSSR count). The van der Waals surface area contributed by atoms with Gasteiger partial charge in [0.15, 0.2) is 0 Å². The molecular weight excluding hydrogens is 196 g/mol. The van der Waals surface area contributed by atoms with Gasteiger partial charge in [0.25, 0.3) is 0 Å². The second-order valence-electron chi connectivity index (χ2n) is 3.41. The van der Waals surface area contributed by atoms with Crippen molar-refractivity contribution in [3.05, 3.63) is 12.2 Å². The number of esters is 1. The molecule has 1 atom stereocenters. The van der Waals surface area contributed by atoms with Crippen LogP contribution in [0.2, 0.25) is 0 Å². The van der Waals surface area contributed by atoms with Crippen molar-refractivity contribution in [2.45, 2.75) is 32.8 Å². The molecule has 15 heavy (non-hydrogen) atoms. The van der Waals surface area contributed by atoms with Gasteiger partial charge in [-0.2, -0.15) is 0 Å². The standard InChI is InChI=1S/C11H20O4/c1-4-10(12)8-14-6-5-7-15-11(13)9(2)3/h10,12H,2,4-8H2,1,3H3. The number of carbonyl (C=O) groups is 1. The van der Waals surface area contributed by atoms with Gasteiger partial charge < -0.3 is 14.6 Å². The first-order valence-electron chi connectivity index (χ1n) is 5.16. The second kappa shape index (κ2) is 8.44. The van der Waals surface area contributed by atoms with Gasteiger partial charge in [-0.1, -0.05) is 13.5 Å². The molecule has 0 aliphatic heterocycles. The largest absolute Gasteiger partial charge is 0.462 e. The molecular formula is C11H20O4. The van der Waals surface area contributed by atoms with E-state index in [1.54, 1.807) is 6.92 Å². The predicted octanol–water partition coefficient (Wildman–Crippen LogP) is 1.28. The molecule has 88 valence electrons. The van der Waals surface area contributed by atoms with E-state index in [0.717, 1.165) is 0 Å². The zero-order chi connectivity index (χ0) is 11.7. The third-order valence-electron chi connectivity index (χ3n) is 1.80. The molecule has 0 bridgehead atoms. The van der Waals surface area contributed by atoms with Crippen LogP contribution in [-0.4, -0.2) is 37.0 Å². The van der Waals surface area contributed by atoms with Crippen LogP contribution in [-0.2, 0) is 14.3 Å². The van der Waals surface area contributed by atoms with E-state index in [1.165, 1.54) is 0 Å². The van der Waals surface area contributed by atoms with Crippen LogP contribution in [0.15, 0.2) is 12.2 Å². The van der Waals surface area contributed by atoms with E-state index in [0.29, 0.717) is 38.2 Å². The van der Waals surface area contributed by atoms with Crippen molar-refractivity contribution in [2.24, 2.45) is 0 Å². The van der Waals surface area contributed by atoms with Crippen LogP contribution in [0.4, 0.5) is 0 Å². The van der Waals surface area contributed by atoms with Crippen molar-refractivity contribution in [3.63, 3.8) is 0 Å². The summed E-state index contributed by atoms with van der Waals surface area (Å²) >= 11 is 0. The van der Waals surface area contributed by atoms with Crippen molar-refractivity contribution in [1.82, 2.24) is 0 Å². The Bertz CT molecular complexity index is 201. The summed E-state index contributed by atoms with van der Waals surface area (Å²) in [5.41, 5.74) is 0.400. The van der Waals surface area contributed by atoms with Gasteiger partial charge in [0, 0.05) is 18.6 Å². The fraction of sp³-hybridized carbons (Fsp3) is 0.727. The molecule has 0 saturated heterocycles. The van der Waals surface area contributed by atoms with Crippen molar-refractivity contribution in [1.29, 1.82) is 0 Å². The van der Waals surface area contributed by atoms with E-state index < -0.39 is 6.10 Å². The Labute approximate surface area is 90.9 Å². The third kappa shape index (κ3) is 8.15. The molecule has 0 aliphatic rings. The number of rotatable bonds is 8. The molecule has 0 spiro atoms. The van der Waals surface area contributed by atoms with E-state index in [4.69, 9.17) is 14.6 Å². The molecule has 0 aliphatic carbocycles. The van der Waals surface area contributed by atoms with E-state index in [9.17, 15) is 4.79 Å². The van der Waals surface area contributed by atoms with Crippen LogP contribution in [0.5, 0.6) is 0 Å². The minimum atomic E-state index is -0.400. The highest BCUT2D eigenvalue weighted by molar-refractivity contribution is 5.86. The third-order valence-corrected chi connectivity index (χ3v) is 1.80. The van der Waals surface area contributed by atoms with Crippen LogP contribution in [0.1, 0.15) is 26.7 Å². The zero-order valence-electron chi connectivity index (χ0n) is 9.49. The van der Waals surface area contributed by atoms with Gasteiger partial charge in [-0.3, -0.25) is 0 Å². The van der Waals surface area contributed by atoms with Crippen molar-refractivity contribution >= 4 is 5.97 Å². The highest BCUT2D eigenvalue weighted by atomic mass is 16.5. The Kier molecular flexibility index (Phi) is 7.95. The minimum absolute atomic E-state index is 0.327. The highest BCUT2D eigenvalue weighted by Gasteiger charge is 2.03. The monoisotopic (exact) mass is 216 g/mol. The maximum atomic E-state index is 10.9. The lowest BCUT2D eigenvalue weighted by Gasteiger charge is -2.08. The molecule has 4 nitrogen and oxygen atoms in total. The summed E-state index contributed by atoms with van der Waals surface area (Å²) < 4.78 is 10.0. The normalized spacial score (nSPS) is 12.2. The van der Waals surface area contributed by atoms with Crippen LogP contribution >= 0.6 is 0 Å². The summed E-state index contributed by atoms with van der Waals surface area (Å²) in [5, 5.41) is 9.15. The van der Waals surface area contributed by atoms with Crippen LogP contribution in [0.25, 0.3) is 0 Å². The molecule has 1 unspecified atom stereocenters. The molecule has 0 aromatic heterocycles. The lowest BCUT2D eigenvalue weighted by molar-refractivity contribution is -0.139. The van der Waals surface area contributed by atoms with Gasteiger partial charge in [0.1, 0.15) is 0 Å². The van der Waals surface area contributed by atoms with E-state index in [-0.39, 0.29) is 5.97 Å². The molecule has 0 heterocycles. The Morgan fingerprint density at radius 2 is 2.13 bits per heavy atom. The summed E-state index contributed by atoms with van der Waals surface area (Å²) in [7, 11) is 0. The maximum absolute atomic E-state index is 10.9. The molecule has 0 saturated carbocycles. The van der Waals surface area contributed by atoms with Gasteiger partial charge in [0.05, 0.1) is 19.3 Å². The summed E-state index contributed by atoms with van der Waals surface area (Å²) in [6.07, 6.45) is 0.920. The zero-order valence-corrected chi connectivity index (χ0v) is 9.49. The van der Waals surface area contributed by atoms with Crippen LogP contribution < -0.4 is 0 Å². The Hall–Kier alpha value is -0.870. The lowest BCUT2D eigenvalue weighted by atomic mass is 10.3. The second-order valence-corrected chi connectivity index (χ2v) is 3.41. The number of aliphatic hydroxyl groups excluding tert-OH is 1. The smallest absolute Gasteiger partial charge is 0.333 e. The number of carbonyl (C=O) groups excluding carboxylic acids is 1. The maximum Gasteiger partial charge on any atom is 0.333 e. The van der Waals surface area contributed by atoms with E-state index in [1.807, 2.05) is 6.92 Å². The van der Waals surface area contributed by atoms with Gasteiger partial charge in [-0.25, -0.2) is 4.79 Å². The Morgan fingerprint density at radius 3 is 2.67 bits per heavy atom. The molecule has 4 heteroatoms. The summed E-state index contributed by atoms with van der Waals surface area (Å²) in [6.45, 7) is 8.12. The molecule has 0 aromatic rings. The molecule has 0 radical (unpaired) electrons. The van der Waals surface area contributed by atoms with E-state index >= 15 is 0 Å². The van der Waals surface area contributed by atoms with Crippen molar-refractivity contribution in [3.8, 4) is 0 Å². The average Bonchev–Trinajstić information content (AvgIpc) is 2.22. The van der Waals surface area contributed by atoms with Crippen molar-refractivity contribution < 1.29 is 19.4 Å². The summed E-state index contributed by atoms with van der Waals surface area (Å²) in [4.78, 5) is 10.9. The van der Waals surface area contributed by atoms with Gasteiger partial charge in [0.2, 0.25) is 0 Å². The Balaban J connectivity index is 3.25. The van der Waals surface area contributed by atoms with Crippen molar-refractivity contribution in [2.75, 3.05) is 19.8 Å². The summed E-state index contributed by atoms with van der Waals surface area (Å²) in [6, 6.07) is 0. The molecule has 0 fully saturated rings. The van der Waals surface area contributed by atoms with Gasteiger partial charge >= 0.3 is 5.97 Å². The fourth-order valence-electron chi connectivity index (χ4n) is 0.786. The number of ether oxygens (including phenoxy) is 2. The molecule has 0 aromatic carbocycles. The number of hydrogen-bond acceptors (Lipinski definition) is 4. The number of hydrogen-bond donors (Lipinski definition) is 1.